The van der Waals surface area contributed by atoms with Crippen LogP contribution in [-0.4, -0.2) is 24.3 Å². The molecule has 0 aliphatic rings. The van der Waals surface area contributed by atoms with Gasteiger partial charge in [0.1, 0.15) is 0 Å². The fraction of sp³-hybridized carbons (Fsp3) is 0.0556. The number of carbonyl (C=O) groups excluding carboxylic acids is 2. The summed E-state index contributed by atoms with van der Waals surface area (Å²) in [5.74, 6) is 0.410. The molecule has 0 spiro atoms. The summed E-state index contributed by atoms with van der Waals surface area (Å²) in [5.41, 5.74) is 1.79. The highest BCUT2D eigenvalue weighted by molar-refractivity contribution is 5.99. The number of urea groups is 1. The zero-order valence-corrected chi connectivity index (χ0v) is 13.4. The summed E-state index contributed by atoms with van der Waals surface area (Å²) in [4.78, 5) is 23.4. The first-order chi connectivity index (χ1) is 12.2. The molecule has 2 aromatic carbocycles. The average Bonchev–Trinajstić information content (AvgIpc) is 3.10. The molecule has 0 atom stereocenters. The van der Waals surface area contributed by atoms with Crippen LogP contribution in [0.15, 0.2) is 65.2 Å². The summed E-state index contributed by atoms with van der Waals surface area (Å²) < 4.78 is 9.83. The van der Waals surface area contributed by atoms with E-state index in [0.717, 1.165) is 5.56 Å². The Hall–Kier alpha value is -3.61. The third kappa shape index (κ3) is 4.03. The van der Waals surface area contributed by atoms with Crippen molar-refractivity contribution < 1.29 is 18.8 Å². The van der Waals surface area contributed by atoms with Crippen LogP contribution < -0.4 is 10.6 Å². The van der Waals surface area contributed by atoms with Crippen LogP contribution in [0, 0.1) is 0 Å². The van der Waals surface area contributed by atoms with Gasteiger partial charge >= 0.3 is 12.0 Å². The van der Waals surface area contributed by atoms with Gasteiger partial charge in [-0.2, -0.15) is 0 Å². The third-order valence-electron chi connectivity index (χ3n) is 3.37. The highest BCUT2D eigenvalue weighted by atomic mass is 16.5. The highest BCUT2D eigenvalue weighted by Gasteiger charge is 2.10. The van der Waals surface area contributed by atoms with E-state index in [1.54, 1.807) is 30.3 Å². The normalized spacial score (nSPS) is 10.1. The van der Waals surface area contributed by atoms with Crippen LogP contribution in [0.5, 0.6) is 0 Å². The van der Waals surface area contributed by atoms with Crippen molar-refractivity contribution in [3.8, 4) is 11.3 Å². The van der Waals surface area contributed by atoms with Crippen LogP contribution in [0.25, 0.3) is 11.3 Å². The summed E-state index contributed by atoms with van der Waals surface area (Å²) in [6.45, 7) is 0. The number of rotatable bonds is 4. The van der Waals surface area contributed by atoms with Gasteiger partial charge in [0.2, 0.25) is 0 Å². The molecule has 2 amide bonds. The van der Waals surface area contributed by atoms with Crippen LogP contribution in [0.3, 0.4) is 0 Å². The molecular weight excluding hydrogens is 322 g/mol. The van der Waals surface area contributed by atoms with Gasteiger partial charge < -0.3 is 14.6 Å². The van der Waals surface area contributed by atoms with E-state index in [-0.39, 0.29) is 0 Å². The zero-order valence-electron chi connectivity index (χ0n) is 13.4. The average molecular weight is 337 g/mol. The van der Waals surface area contributed by atoms with Crippen molar-refractivity contribution in [1.82, 2.24) is 5.16 Å². The van der Waals surface area contributed by atoms with Crippen LogP contribution in [0.2, 0.25) is 0 Å². The number of nitrogens with zero attached hydrogens (tertiary/aromatic N) is 1. The number of ether oxygens (including phenoxy) is 1. The van der Waals surface area contributed by atoms with Crippen LogP contribution in [0.1, 0.15) is 10.4 Å². The zero-order chi connectivity index (χ0) is 17.6. The monoisotopic (exact) mass is 337 g/mol. The molecule has 7 heteroatoms. The maximum Gasteiger partial charge on any atom is 0.337 e. The third-order valence-corrected chi connectivity index (χ3v) is 3.37. The van der Waals surface area contributed by atoms with Crippen molar-refractivity contribution in [1.29, 1.82) is 0 Å². The molecule has 0 saturated carbocycles. The number of amides is 2. The quantitative estimate of drug-likeness (QED) is 0.707. The Labute approximate surface area is 143 Å². The molecule has 0 saturated heterocycles. The second kappa shape index (κ2) is 7.31. The number of anilines is 2. The van der Waals surface area contributed by atoms with Gasteiger partial charge in [0.05, 0.1) is 12.7 Å². The first-order valence-corrected chi connectivity index (χ1v) is 7.44. The molecule has 0 aliphatic heterocycles. The molecule has 7 nitrogen and oxygen atoms in total. The van der Waals surface area contributed by atoms with Crippen molar-refractivity contribution in [2.45, 2.75) is 0 Å². The van der Waals surface area contributed by atoms with Crippen LogP contribution in [-0.2, 0) is 4.74 Å². The number of benzene rings is 2. The Kier molecular flexibility index (Phi) is 4.75. The predicted octanol–water partition coefficient (Wildman–Crippen LogP) is 3.77. The molecule has 25 heavy (non-hydrogen) atoms. The molecule has 0 unspecified atom stereocenters. The Morgan fingerprint density at radius 2 is 1.72 bits per heavy atom. The number of nitrogens with one attached hydrogen (secondary N) is 2. The van der Waals surface area contributed by atoms with Crippen molar-refractivity contribution in [3.05, 3.63) is 66.2 Å². The lowest BCUT2D eigenvalue weighted by atomic mass is 10.2. The molecule has 0 radical (unpaired) electrons. The molecule has 3 rings (SSSR count). The van der Waals surface area contributed by atoms with E-state index in [9.17, 15) is 9.59 Å². The van der Waals surface area contributed by atoms with E-state index in [1.165, 1.54) is 7.11 Å². The molecule has 0 bridgehead atoms. The van der Waals surface area contributed by atoms with Gasteiger partial charge in [0.15, 0.2) is 11.6 Å². The second-order valence-electron chi connectivity index (χ2n) is 5.09. The SMILES string of the molecule is COC(=O)c1ccc(NC(=O)Nc2cc(-c3ccccc3)on2)cc1. The van der Waals surface area contributed by atoms with Crippen molar-refractivity contribution >= 4 is 23.5 Å². The lowest BCUT2D eigenvalue weighted by Crippen LogP contribution is -2.19. The molecule has 1 heterocycles. The first kappa shape index (κ1) is 16.3. The fourth-order valence-corrected chi connectivity index (χ4v) is 2.16. The largest absolute Gasteiger partial charge is 0.465 e. The predicted molar refractivity (Wildman–Crippen MR) is 92.4 cm³/mol. The molecule has 1 aromatic heterocycles. The maximum atomic E-state index is 12.0. The van der Waals surface area contributed by atoms with Gasteiger partial charge in [0, 0.05) is 17.3 Å². The highest BCUT2D eigenvalue weighted by Crippen LogP contribution is 2.22. The van der Waals surface area contributed by atoms with Crippen LogP contribution >= 0.6 is 0 Å². The number of hydrogen-bond acceptors (Lipinski definition) is 5. The fourth-order valence-electron chi connectivity index (χ4n) is 2.16. The van der Waals surface area contributed by atoms with Gasteiger partial charge in [0.25, 0.3) is 0 Å². The Morgan fingerprint density at radius 1 is 1.00 bits per heavy atom. The lowest BCUT2D eigenvalue weighted by Gasteiger charge is -2.05. The first-order valence-electron chi connectivity index (χ1n) is 7.44. The summed E-state index contributed by atoms with van der Waals surface area (Å²) in [6, 6.07) is 16.9. The molecule has 126 valence electrons. The molecule has 0 fully saturated rings. The van der Waals surface area contributed by atoms with Gasteiger partial charge in [-0.05, 0) is 24.3 Å². The smallest absolute Gasteiger partial charge is 0.337 e. The van der Waals surface area contributed by atoms with Crippen molar-refractivity contribution in [3.63, 3.8) is 0 Å². The summed E-state index contributed by atoms with van der Waals surface area (Å²) in [6.07, 6.45) is 0. The number of aromatic nitrogens is 1. The topological polar surface area (TPSA) is 93.5 Å². The Morgan fingerprint density at radius 3 is 2.40 bits per heavy atom. The minimum Gasteiger partial charge on any atom is -0.465 e. The van der Waals surface area contributed by atoms with Crippen molar-refractivity contribution in [2.75, 3.05) is 17.7 Å². The van der Waals surface area contributed by atoms with E-state index >= 15 is 0 Å². The van der Waals surface area contributed by atoms with E-state index in [1.807, 2.05) is 30.3 Å². The second-order valence-corrected chi connectivity index (χ2v) is 5.09. The maximum absolute atomic E-state index is 12.0. The minimum absolute atomic E-state index is 0.294. The van der Waals surface area contributed by atoms with E-state index in [2.05, 4.69) is 20.5 Å². The number of methoxy groups -OCH3 is 1. The summed E-state index contributed by atoms with van der Waals surface area (Å²) >= 11 is 0. The van der Waals surface area contributed by atoms with Gasteiger partial charge in [-0.1, -0.05) is 35.5 Å². The van der Waals surface area contributed by atoms with E-state index in [0.29, 0.717) is 22.8 Å². The Balaban J connectivity index is 1.61. The van der Waals surface area contributed by atoms with Crippen LogP contribution in [0.4, 0.5) is 16.3 Å². The van der Waals surface area contributed by atoms with Crippen molar-refractivity contribution in [2.24, 2.45) is 0 Å². The number of hydrogen-bond donors (Lipinski definition) is 2. The van der Waals surface area contributed by atoms with E-state index < -0.39 is 12.0 Å². The van der Waals surface area contributed by atoms with Gasteiger partial charge in [-0.3, -0.25) is 5.32 Å². The molecular formula is C18H15N3O4. The number of carbonyl (C=O) groups is 2. The Bertz CT molecular complexity index is 873. The lowest BCUT2D eigenvalue weighted by molar-refractivity contribution is 0.0601. The molecule has 0 aliphatic carbocycles. The van der Waals surface area contributed by atoms with E-state index in [4.69, 9.17) is 4.52 Å². The molecule has 2 N–H and O–H groups in total. The molecule has 3 aromatic rings. The standard InChI is InChI=1S/C18H15N3O4/c1-24-17(22)13-7-9-14(10-8-13)19-18(23)20-16-11-15(25-21-16)12-5-3-2-4-6-12/h2-11H,1H3,(H2,19,20,21,23). The van der Waals surface area contributed by atoms with Gasteiger partial charge in [-0.15, -0.1) is 0 Å². The number of esters is 1. The minimum atomic E-state index is -0.473. The van der Waals surface area contributed by atoms with Gasteiger partial charge in [-0.25, -0.2) is 9.59 Å². The summed E-state index contributed by atoms with van der Waals surface area (Å²) in [5, 5.41) is 9.04. The summed E-state index contributed by atoms with van der Waals surface area (Å²) in [7, 11) is 1.31.